The second-order valence-corrected chi connectivity index (χ2v) is 4.08. The smallest absolute Gasteiger partial charge is 0.137 e. The van der Waals surface area contributed by atoms with Crippen LogP contribution in [0.15, 0.2) is 18.3 Å². The standard InChI is InChI=1S/C12H19N3O/c1-10(15-7-5-13-6-8-15)12-4-3-11(16-2)9-14-12/h3-4,9-10,13H,5-8H2,1-2H3. The molecule has 4 heteroatoms. The van der Waals surface area contributed by atoms with Gasteiger partial charge in [-0.15, -0.1) is 0 Å². The molecular weight excluding hydrogens is 202 g/mol. The molecule has 0 spiro atoms. The highest BCUT2D eigenvalue weighted by Crippen LogP contribution is 2.20. The summed E-state index contributed by atoms with van der Waals surface area (Å²) in [5, 5.41) is 3.36. The van der Waals surface area contributed by atoms with Crippen molar-refractivity contribution in [3.8, 4) is 5.75 Å². The summed E-state index contributed by atoms with van der Waals surface area (Å²) in [7, 11) is 1.66. The van der Waals surface area contributed by atoms with Crippen molar-refractivity contribution < 1.29 is 4.74 Å². The molecule has 1 unspecified atom stereocenters. The molecule has 1 atom stereocenters. The molecule has 1 aliphatic heterocycles. The van der Waals surface area contributed by atoms with Crippen LogP contribution in [0.1, 0.15) is 18.7 Å². The Labute approximate surface area is 96.6 Å². The van der Waals surface area contributed by atoms with Crippen LogP contribution in [0.25, 0.3) is 0 Å². The highest BCUT2D eigenvalue weighted by molar-refractivity contribution is 5.21. The number of pyridine rings is 1. The Morgan fingerprint density at radius 1 is 1.38 bits per heavy atom. The quantitative estimate of drug-likeness (QED) is 0.828. The van der Waals surface area contributed by atoms with Crippen LogP contribution >= 0.6 is 0 Å². The molecule has 0 amide bonds. The molecule has 0 aliphatic carbocycles. The Bertz CT molecular complexity index is 320. The number of hydrogen-bond donors (Lipinski definition) is 1. The van der Waals surface area contributed by atoms with Crippen molar-refractivity contribution in [3.05, 3.63) is 24.0 Å². The first-order chi connectivity index (χ1) is 7.81. The lowest BCUT2D eigenvalue weighted by atomic mass is 10.1. The molecular formula is C12H19N3O. The van der Waals surface area contributed by atoms with Crippen LogP contribution in [0.2, 0.25) is 0 Å². The Balaban J connectivity index is 2.04. The van der Waals surface area contributed by atoms with Gasteiger partial charge in [0.25, 0.3) is 0 Å². The van der Waals surface area contributed by atoms with Crippen LogP contribution in [0, 0.1) is 0 Å². The van der Waals surface area contributed by atoms with Crippen LogP contribution in [0.4, 0.5) is 0 Å². The van der Waals surface area contributed by atoms with Crippen LogP contribution in [0.5, 0.6) is 5.75 Å². The first-order valence-electron chi connectivity index (χ1n) is 5.76. The van der Waals surface area contributed by atoms with Crippen molar-refractivity contribution in [1.29, 1.82) is 0 Å². The van der Waals surface area contributed by atoms with Crippen LogP contribution in [0.3, 0.4) is 0 Å². The monoisotopic (exact) mass is 221 g/mol. The lowest BCUT2D eigenvalue weighted by Crippen LogP contribution is -2.44. The fraction of sp³-hybridized carbons (Fsp3) is 0.583. The molecule has 1 N–H and O–H groups in total. The van der Waals surface area contributed by atoms with Gasteiger partial charge in [-0.25, -0.2) is 0 Å². The van der Waals surface area contributed by atoms with E-state index in [4.69, 9.17) is 4.74 Å². The Morgan fingerprint density at radius 2 is 2.12 bits per heavy atom. The van der Waals surface area contributed by atoms with Crippen molar-refractivity contribution in [3.63, 3.8) is 0 Å². The molecule has 1 saturated heterocycles. The van der Waals surface area contributed by atoms with Crippen LogP contribution < -0.4 is 10.1 Å². The van der Waals surface area contributed by atoms with Gasteiger partial charge in [0.2, 0.25) is 0 Å². The second kappa shape index (κ2) is 5.27. The summed E-state index contributed by atoms with van der Waals surface area (Å²) in [6, 6.07) is 4.40. The van der Waals surface area contributed by atoms with Crippen molar-refractivity contribution >= 4 is 0 Å². The Hall–Kier alpha value is -1.13. The normalized spacial score (nSPS) is 19.4. The van der Waals surface area contributed by atoms with E-state index in [9.17, 15) is 0 Å². The van der Waals surface area contributed by atoms with E-state index in [-0.39, 0.29) is 0 Å². The number of methoxy groups -OCH3 is 1. The molecule has 2 rings (SSSR count). The Kier molecular flexibility index (Phi) is 3.74. The molecule has 0 bridgehead atoms. The van der Waals surface area contributed by atoms with Crippen LogP contribution in [-0.2, 0) is 0 Å². The molecule has 0 aromatic carbocycles. The van der Waals surface area contributed by atoms with E-state index in [0.29, 0.717) is 6.04 Å². The molecule has 0 saturated carbocycles. The number of nitrogens with one attached hydrogen (secondary N) is 1. The number of rotatable bonds is 3. The molecule has 88 valence electrons. The van der Waals surface area contributed by atoms with Gasteiger partial charge in [0.05, 0.1) is 19.0 Å². The first-order valence-corrected chi connectivity index (χ1v) is 5.76. The van der Waals surface area contributed by atoms with Crippen molar-refractivity contribution in [2.24, 2.45) is 0 Å². The number of ether oxygens (including phenoxy) is 1. The minimum Gasteiger partial charge on any atom is -0.495 e. The average molecular weight is 221 g/mol. The lowest BCUT2D eigenvalue weighted by Gasteiger charge is -2.32. The number of nitrogens with zero attached hydrogens (tertiary/aromatic N) is 2. The summed E-state index contributed by atoms with van der Waals surface area (Å²) in [6.07, 6.45) is 1.79. The van der Waals surface area contributed by atoms with E-state index in [2.05, 4.69) is 22.1 Å². The number of hydrogen-bond acceptors (Lipinski definition) is 4. The molecule has 1 fully saturated rings. The van der Waals surface area contributed by atoms with Gasteiger partial charge in [0.15, 0.2) is 0 Å². The minimum atomic E-state index is 0.382. The summed E-state index contributed by atoms with van der Waals surface area (Å²) in [5.74, 6) is 0.816. The van der Waals surface area contributed by atoms with E-state index in [1.54, 1.807) is 13.3 Å². The van der Waals surface area contributed by atoms with Gasteiger partial charge in [0.1, 0.15) is 5.75 Å². The summed E-state index contributed by atoms with van der Waals surface area (Å²) < 4.78 is 5.11. The summed E-state index contributed by atoms with van der Waals surface area (Å²) in [4.78, 5) is 6.89. The number of aromatic nitrogens is 1. The van der Waals surface area contributed by atoms with Gasteiger partial charge < -0.3 is 10.1 Å². The van der Waals surface area contributed by atoms with Crippen molar-refractivity contribution in [2.45, 2.75) is 13.0 Å². The maximum absolute atomic E-state index is 5.11. The molecule has 16 heavy (non-hydrogen) atoms. The van der Waals surface area contributed by atoms with E-state index < -0.39 is 0 Å². The van der Waals surface area contributed by atoms with Gasteiger partial charge in [-0.3, -0.25) is 9.88 Å². The third-order valence-electron chi connectivity index (χ3n) is 3.12. The van der Waals surface area contributed by atoms with Crippen molar-refractivity contribution in [1.82, 2.24) is 15.2 Å². The highest BCUT2D eigenvalue weighted by Gasteiger charge is 2.18. The van der Waals surface area contributed by atoms with E-state index >= 15 is 0 Å². The summed E-state index contributed by atoms with van der Waals surface area (Å²) in [5.41, 5.74) is 1.11. The largest absolute Gasteiger partial charge is 0.495 e. The third kappa shape index (κ3) is 2.51. The fourth-order valence-electron chi connectivity index (χ4n) is 2.02. The van der Waals surface area contributed by atoms with Crippen molar-refractivity contribution in [2.75, 3.05) is 33.3 Å². The molecule has 2 heterocycles. The third-order valence-corrected chi connectivity index (χ3v) is 3.12. The summed E-state index contributed by atoms with van der Waals surface area (Å²) in [6.45, 7) is 6.53. The van der Waals surface area contributed by atoms with Gasteiger partial charge in [-0.2, -0.15) is 0 Å². The first kappa shape index (κ1) is 11.4. The Morgan fingerprint density at radius 3 is 2.69 bits per heavy atom. The highest BCUT2D eigenvalue weighted by atomic mass is 16.5. The average Bonchev–Trinajstić information content (AvgIpc) is 2.39. The van der Waals surface area contributed by atoms with Crippen LogP contribution in [-0.4, -0.2) is 43.2 Å². The molecule has 4 nitrogen and oxygen atoms in total. The zero-order valence-electron chi connectivity index (χ0n) is 9.94. The molecule has 1 aliphatic rings. The minimum absolute atomic E-state index is 0.382. The summed E-state index contributed by atoms with van der Waals surface area (Å²) >= 11 is 0. The van der Waals surface area contributed by atoms with Gasteiger partial charge in [0, 0.05) is 32.2 Å². The fourth-order valence-corrected chi connectivity index (χ4v) is 2.02. The maximum Gasteiger partial charge on any atom is 0.137 e. The molecule has 1 aromatic rings. The predicted molar refractivity (Wildman–Crippen MR) is 63.6 cm³/mol. The van der Waals surface area contributed by atoms with Gasteiger partial charge in [-0.05, 0) is 19.1 Å². The predicted octanol–water partition coefficient (Wildman–Crippen LogP) is 1.06. The SMILES string of the molecule is COc1ccc(C(C)N2CCNCC2)nc1. The number of piperazine rings is 1. The second-order valence-electron chi connectivity index (χ2n) is 4.08. The van der Waals surface area contributed by atoms with E-state index in [1.807, 2.05) is 12.1 Å². The topological polar surface area (TPSA) is 37.4 Å². The zero-order valence-corrected chi connectivity index (χ0v) is 9.94. The zero-order chi connectivity index (χ0) is 11.4. The maximum atomic E-state index is 5.11. The van der Waals surface area contributed by atoms with Gasteiger partial charge in [-0.1, -0.05) is 0 Å². The molecule has 1 aromatic heterocycles. The van der Waals surface area contributed by atoms with Gasteiger partial charge >= 0.3 is 0 Å². The molecule has 0 radical (unpaired) electrons. The van der Waals surface area contributed by atoms with E-state index in [0.717, 1.165) is 37.6 Å². The lowest BCUT2D eigenvalue weighted by molar-refractivity contribution is 0.182. The van der Waals surface area contributed by atoms with E-state index in [1.165, 1.54) is 0 Å².